The molecule has 0 spiro atoms. The Kier molecular flexibility index (Phi) is 4.85. The highest BCUT2D eigenvalue weighted by atomic mass is 35.5. The number of para-hydroxylation sites is 1. The number of nitrogens with zero attached hydrogens (tertiary/aromatic N) is 2. The van der Waals surface area contributed by atoms with E-state index in [0.29, 0.717) is 21.5 Å². The number of nitrogens with one attached hydrogen (secondary N) is 1. The van der Waals surface area contributed by atoms with Crippen LogP contribution in [0.5, 0.6) is 0 Å². The molecule has 4 amide bonds. The number of carbonyl (C=O) groups is 4. The second-order valence-electron chi connectivity index (χ2n) is 6.56. The summed E-state index contributed by atoms with van der Waals surface area (Å²) in [6, 6.07) is 12.2. The van der Waals surface area contributed by atoms with E-state index in [1.54, 1.807) is 30.5 Å². The lowest BCUT2D eigenvalue weighted by Crippen LogP contribution is -2.54. The van der Waals surface area contributed by atoms with Crippen molar-refractivity contribution in [2.75, 3.05) is 4.90 Å². The fraction of sp³-hybridized carbons (Fsp3) is 0.0476. The van der Waals surface area contributed by atoms with Crippen molar-refractivity contribution >= 4 is 58.1 Å². The van der Waals surface area contributed by atoms with Gasteiger partial charge in [0.2, 0.25) is 0 Å². The Morgan fingerprint density at radius 2 is 1.77 bits per heavy atom. The molecule has 1 aliphatic rings. The molecule has 9 heteroatoms. The van der Waals surface area contributed by atoms with E-state index in [4.69, 9.17) is 16.7 Å². The molecule has 2 aromatic carbocycles. The van der Waals surface area contributed by atoms with Gasteiger partial charge in [-0.3, -0.25) is 19.7 Å². The summed E-state index contributed by atoms with van der Waals surface area (Å²) in [6.45, 7) is -0.279. The Hall–Kier alpha value is -3.91. The van der Waals surface area contributed by atoms with Crippen molar-refractivity contribution in [3.05, 3.63) is 70.9 Å². The SMILES string of the molecule is O=C(O)Cn1cc(/C=C2\C(=O)NC(=O)N(c3ccc(Cl)cc3)C2=O)c2ccccc21. The number of carboxylic acid groups (broad SMARTS) is 1. The number of carbonyl (C=O) groups excluding carboxylic acids is 3. The quantitative estimate of drug-likeness (QED) is 0.495. The summed E-state index contributed by atoms with van der Waals surface area (Å²) in [7, 11) is 0. The number of anilines is 1. The number of benzene rings is 2. The van der Waals surface area contributed by atoms with Crippen molar-refractivity contribution < 1.29 is 24.3 Å². The highest BCUT2D eigenvalue weighted by Crippen LogP contribution is 2.27. The predicted molar refractivity (Wildman–Crippen MR) is 110 cm³/mol. The minimum atomic E-state index is -1.03. The third-order valence-corrected chi connectivity index (χ3v) is 4.86. The van der Waals surface area contributed by atoms with Crippen molar-refractivity contribution in [3.8, 4) is 0 Å². The van der Waals surface area contributed by atoms with Gasteiger partial charge < -0.3 is 9.67 Å². The monoisotopic (exact) mass is 423 g/mol. The lowest BCUT2D eigenvalue weighted by molar-refractivity contribution is -0.137. The molecule has 0 bridgehead atoms. The molecule has 1 saturated heterocycles. The van der Waals surface area contributed by atoms with Gasteiger partial charge in [-0.15, -0.1) is 0 Å². The van der Waals surface area contributed by atoms with Crippen molar-refractivity contribution in [1.82, 2.24) is 9.88 Å². The summed E-state index contributed by atoms with van der Waals surface area (Å²) in [4.78, 5) is 49.7. The Morgan fingerprint density at radius 3 is 2.47 bits per heavy atom. The van der Waals surface area contributed by atoms with Crippen LogP contribution in [0, 0.1) is 0 Å². The first-order chi connectivity index (χ1) is 14.3. The zero-order valence-electron chi connectivity index (χ0n) is 15.3. The molecule has 8 nitrogen and oxygen atoms in total. The van der Waals surface area contributed by atoms with Gasteiger partial charge in [-0.2, -0.15) is 0 Å². The maximum atomic E-state index is 13.0. The number of imide groups is 2. The van der Waals surface area contributed by atoms with E-state index in [1.165, 1.54) is 34.9 Å². The lowest BCUT2D eigenvalue weighted by atomic mass is 10.1. The van der Waals surface area contributed by atoms with Crippen molar-refractivity contribution in [2.24, 2.45) is 0 Å². The number of hydrogen-bond acceptors (Lipinski definition) is 4. The van der Waals surface area contributed by atoms with E-state index in [2.05, 4.69) is 5.32 Å². The Balaban J connectivity index is 1.80. The molecular weight excluding hydrogens is 410 g/mol. The number of hydrogen-bond donors (Lipinski definition) is 2. The van der Waals surface area contributed by atoms with Crippen LogP contribution < -0.4 is 10.2 Å². The van der Waals surface area contributed by atoms with Crippen LogP contribution in [-0.4, -0.2) is 33.5 Å². The van der Waals surface area contributed by atoms with Gasteiger partial charge >= 0.3 is 12.0 Å². The van der Waals surface area contributed by atoms with Crippen LogP contribution in [0.4, 0.5) is 10.5 Å². The van der Waals surface area contributed by atoms with Crippen LogP contribution in [-0.2, 0) is 20.9 Å². The normalized spacial score (nSPS) is 15.7. The van der Waals surface area contributed by atoms with Crippen molar-refractivity contribution in [3.63, 3.8) is 0 Å². The summed E-state index contributed by atoms with van der Waals surface area (Å²) < 4.78 is 1.51. The number of aromatic nitrogens is 1. The van der Waals surface area contributed by atoms with Crippen LogP contribution >= 0.6 is 11.6 Å². The topological polar surface area (TPSA) is 109 Å². The van der Waals surface area contributed by atoms with E-state index in [9.17, 15) is 19.2 Å². The molecule has 4 rings (SSSR count). The predicted octanol–water partition coefficient (Wildman–Crippen LogP) is 3.05. The average molecular weight is 424 g/mol. The summed E-state index contributed by atoms with van der Waals surface area (Å²) >= 11 is 5.86. The van der Waals surface area contributed by atoms with E-state index >= 15 is 0 Å². The minimum Gasteiger partial charge on any atom is -0.480 e. The Labute approximate surface area is 175 Å². The van der Waals surface area contributed by atoms with Gasteiger partial charge in [0.05, 0.1) is 5.69 Å². The second kappa shape index (κ2) is 7.49. The van der Waals surface area contributed by atoms with Gasteiger partial charge in [-0.05, 0) is 36.4 Å². The van der Waals surface area contributed by atoms with E-state index in [-0.39, 0.29) is 17.8 Å². The molecule has 1 aromatic heterocycles. The summed E-state index contributed by atoms with van der Waals surface area (Å²) in [6.07, 6.45) is 2.91. The van der Waals surface area contributed by atoms with Crippen LogP contribution in [0.3, 0.4) is 0 Å². The molecule has 2 N–H and O–H groups in total. The molecule has 1 aliphatic heterocycles. The zero-order valence-corrected chi connectivity index (χ0v) is 16.1. The van der Waals surface area contributed by atoms with E-state index < -0.39 is 23.8 Å². The highest BCUT2D eigenvalue weighted by Gasteiger charge is 2.37. The molecule has 150 valence electrons. The summed E-state index contributed by atoms with van der Waals surface area (Å²) in [5.74, 6) is -2.65. The molecule has 0 unspecified atom stereocenters. The fourth-order valence-electron chi connectivity index (χ4n) is 3.30. The van der Waals surface area contributed by atoms with Crippen molar-refractivity contribution in [1.29, 1.82) is 0 Å². The van der Waals surface area contributed by atoms with E-state index in [0.717, 1.165) is 4.90 Å². The number of rotatable bonds is 4. The van der Waals surface area contributed by atoms with Crippen LogP contribution in [0.25, 0.3) is 17.0 Å². The first kappa shape index (κ1) is 19.4. The molecule has 1 fully saturated rings. The molecular formula is C21H14ClN3O5. The summed E-state index contributed by atoms with van der Waals surface area (Å²) in [5.41, 5.74) is 1.13. The molecule has 3 aromatic rings. The maximum Gasteiger partial charge on any atom is 0.335 e. The fourth-order valence-corrected chi connectivity index (χ4v) is 3.43. The number of halogens is 1. The number of amides is 4. The van der Waals surface area contributed by atoms with Gasteiger partial charge in [0.1, 0.15) is 12.1 Å². The lowest BCUT2D eigenvalue weighted by Gasteiger charge is -2.26. The molecule has 0 aliphatic carbocycles. The number of fused-ring (bicyclic) bond motifs is 1. The van der Waals surface area contributed by atoms with Gasteiger partial charge in [0.25, 0.3) is 11.8 Å². The second-order valence-corrected chi connectivity index (χ2v) is 6.99. The van der Waals surface area contributed by atoms with Gasteiger partial charge in [0.15, 0.2) is 0 Å². The highest BCUT2D eigenvalue weighted by molar-refractivity contribution is 6.39. The van der Waals surface area contributed by atoms with E-state index in [1.807, 2.05) is 0 Å². The molecule has 0 saturated carbocycles. The molecule has 0 radical (unpaired) electrons. The molecule has 2 heterocycles. The first-order valence-electron chi connectivity index (χ1n) is 8.82. The first-order valence-corrected chi connectivity index (χ1v) is 9.19. The third kappa shape index (κ3) is 3.44. The smallest absolute Gasteiger partial charge is 0.335 e. The van der Waals surface area contributed by atoms with Crippen LogP contribution in [0.1, 0.15) is 5.56 Å². The number of carboxylic acids is 1. The standard InChI is InChI=1S/C21H14ClN3O5/c22-13-5-7-14(8-6-13)25-20(29)16(19(28)23-21(25)30)9-12-10-24(11-18(26)27)17-4-2-1-3-15(12)17/h1-10H,11H2,(H,26,27)(H,23,28,30)/b16-9+. The minimum absolute atomic E-state index is 0.247. The zero-order chi connectivity index (χ0) is 21.4. The number of barbiturate groups is 1. The molecule has 0 atom stereocenters. The largest absolute Gasteiger partial charge is 0.480 e. The van der Waals surface area contributed by atoms with Gasteiger partial charge in [-0.25, -0.2) is 9.69 Å². The van der Waals surface area contributed by atoms with Crippen molar-refractivity contribution in [2.45, 2.75) is 6.54 Å². The summed E-state index contributed by atoms with van der Waals surface area (Å²) in [5, 5.41) is 12.4. The Morgan fingerprint density at radius 1 is 1.07 bits per heavy atom. The average Bonchev–Trinajstić information content (AvgIpc) is 3.03. The number of urea groups is 1. The maximum absolute atomic E-state index is 13.0. The third-order valence-electron chi connectivity index (χ3n) is 4.61. The van der Waals surface area contributed by atoms with Crippen LogP contribution in [0.2, 0.25) is 5.02 Å². The van der Waals surface area contributed by atoms with Gasteiger partial charge in [0, 0.05) is 27.7 Å². The Bertz CT molecular complexity index is 1240. The number of aliphatic carboxylic acids is 1. The van der Waals surface area contributed by atoms with Crippen LogP contribution in [0.15, 0.2) is 60.3 Å². The van der Waals surface area contributed by atoms with Gasteiger partial charge in [-0.1, -0.05) is 29.8 Å². The molecule has 30 heavy (non-hydrogen) atoms.